The van der Waals surface area contributed by atoms with Crippen molar-refractivity contribution in [2.45, 2.75) is 439 Å². The van der Waals surface area contributed by atoms with E-state index in [-0.39, 0.29) is 71.8 Å². The number of hydrogen-bond acceptors (Lipinski definition) is 8. The van der Waals surface area contributed by atoms with Gasteiger partial charge in [-0.3, -0.25) is 0 Å². The number of carboxylic acid groups (broad SMARTS) is 4. The van der Waals surface area contributed by atoms with E-state index in [9.17, 15) is 39.6 Å². The summed E-state index contributed by atoms with van der Waals surface area (Å²) in [6.07, 6.45) is 79.4. The molecule has 0 aromatic carbocycles. The third-order valence-corrected chi connectivity index (χ3v) is 15.9. The molecule has 82 heavy (non-hydrogen) atoms. The molecule has 0 bridgehead atoms. The van der Waals surface area contributed by atoms with Gasteiger partial charge in [-0.25, -0.2) is 0 Å². The van der Waals surface area contributed by atoms with Crippen LogP contribution in [0.5, 0.6) is 0 Å². The summed E-state index contributed by atoms with van der Waals surface area (Å²) >= 11 is 0. The fourth-order valence-corrected chi connectivity index (χ4v) is 10.6. The number of aliphatic carboxylic acids is 4. The zero-order valence-electron chi connectivity index (χ0n) is 55.9. The minimum Gasteiger partial charge on any atom is -0.550 e. The number of carbonyl (C=O) groups is 4. The molecule has 0 radical (unpaired) electrons. The smallest absolute Gasteiger partial charge is 0.550 e. The molecule has 8 nitrogen and oxygen atoms in total. The molecule has 0 aromatic heterocycles. The predicted molar refractivity (Wildman–Crippen MR) is 350 cm³/mol. The van der Waals surface area contributed by atoms with Crippen LogP contribution in [0.15, 0.2) is 0 Å². The van der Waals surface area contributed by atoms with Crippen molar-refractivity contribution in [1.82, 2.24) is 0 Å². The molecule has 0 aromatic rings. The van der Waals surface area contributed by atoms with Gasteiger partial charge in [-0.2, -0.15) is 0 Å². The molecule has 0 amide bonds. The first-order chi connectivity index (χ1) is 39.1. The van der Waals surface area contributed by atoms with Crippen molar-refractivity contribution < 1.29 is 39.6 Å². The van der Waals surface area contributed by atoms with Crippen molar-refractivity contribution in [2.24, 2.45) is 0 Å². The van der Waals surface area contributed by atoms with E-state index in [1.54, 1.807) is 0 Å². The van der Waals surface area contributed by atoms with Gasteiger partial charge < -0.3 is 39.6 Å². The van der Waals surface area contributed by atoms with E-state index in [1.165, 1.54) is 334 Å². The molecule has 0 rings (SSSR count). The average Bonchev–Trinajstić information content (AvgIpc) is 3.43. The van der Waals surface area contributed by atoms with E-state index in [0.29, 0.717) is 0 Å². The Kier molecular flexibility index (Phi) is 101. The molecule has 0 heterocycles. The third-order valence-electron chi connectivity index (χ3n) is 15.9. The van der Waals surface area contributed by atoms with Gasteiger partial charge in [0, 0.05) is 23.9 Å². The van der Waals surface area contributed by atoms with Crippen LogP contribution in [0.25, 0.3) is 0 Å². The zero-order valence-corrected chi connectivity index (χ0v) is 58.8. The summed E-state index contributed by atoms with van der Waals surface area (Å²) in [6.45, 7) is 9.07. The van der Waals surface area contributed by atoms with Crippen LogP contribution in [0.4, 0.5) is 0 Å². The number of carbonyl (C=O) groups excluding carboxylic acids is 4. The van der Waals surface area contributed by atoms with Crippen LogP contribution in [0.1, 0.15) is 439 Å². The summed E-state index contributed by atoms with van der Waals surface area (Å²) in [5.74, 6) is -3.61. The molecule has 0 saturated carbocycles. The third kappa shape index (κ3) is 107. The minimum absolute atomic E-state index is 0. The standard InChI is InChI=1S/4C18H36O2.2Mg/c4*1-2-3-4-5-6-7-8-9-10-11-12-13-14-15-16-17-18(19)20;;/h4*2-17H2,1H3,(H,19,20);;/q;;;;2*+2/p-4. The second kappa shape index (κ2) is 89.2. The fourth-order valence-electron chi connectivity index (χ4n) is 10.6. The zero-order chi connectivity index (χ0) is 59.6. The largest absolute Gasteiger partial charge is 2.00 e. The Morgan fingerprint density at radius 1 is 0.159 bits per heavy atom. The molecule has 0 saturated heterocycles. The molecular formula is C72H140Mg2O8. The van der Waals surface area contributed by atoms with E-state index >= 15 is 0 Å². The summed E-state index contributed by atoms with van der Waals surface area (Å²) in [6, 6.07) is 0. The van der Waals surface area contributed by atoms with Crippen LogP contribution in [0.2, 0.25) is 0 Å². The molecule has 0 atom stereocenters. The van der Waals surface area contributed by atoms with Crippen molar-refractivity contribution in [2.75, 3.05) is 0 Å². The van der Waals surface area contributed by atoms with E-state index in [4.69, 9.17) is 0 Å². The van der Waals surface area contributed by atoms with Gasteiger partial charge in [0.2, 0.25) is 0 Å². The monoisotopic (exact) mass is 1180 g/mol. The Balaban J connectivity index is -0.000000233. The second-order valence-electron chi connectivity index (χ2n) is 24.3. The average molecular weight is 1180 g/mol. The summed E-state index contributed by atoms with van der Waals surface area (Å²) in [4.78, 5) is 40.9. The van der Waals surface area contributed by atoms with Crippen molar-refractivity contribution in [1.29, 1.82) is 0 Å². The predicted octanol–water partition coefficient (Wildman–Crippen LogP) is 19.2. The Bertz CT molecular complexity index is 996. The molecule has 0 spiro atoms. The molecular weight excluding hydrogens is 1040 g/mol. The maximum absolute atomic E-state index is 10.2. The van der Waals surface area contributed by atoms with Gasteiger partial charge in [0.25, 0.3) is 0 Å². The van der Waals surface area contributed by atoms with E-state index in [2.05, 4.69) is 27.7 Å². The molecule has 0 aliphatic heterocycles. The quantitative estimate of drug-likeness (QED) is 0.0430. The van der Waals surface area contributed by atoms with Crippen LogP contribution in [-0.2, 0) is 19.2 Å². The fraction of sp³-hybridized carbons (Fsp3) is 0.944. The molecule has 10 heteroatoms. The van der Waals surface area contributed by atoms with Crippen molar-refractivity contribution >= 4 is 70.0 Å². The Labute approximate surface area is 544 Å². The van der Waals surface area contributed by atoms with E-state index < -0.39 is 23.9 Å². The summed E-state index contributed by atoms with van der Waals surface area (Å²) < 4.78 is 0. The molecule has 0 aliphatic rings. The molecule has 0 fully saturated rings. The number of hydrogen-bond donors (Lipinski definition) is 0. The molecule has 0 aliphatic carbocycles. The molecule has 480 valence electrons. The summed E-state index contributed by atoms with van der Waals surface area (Å²) in [5.41, 5.74) is 0. The maximum atomic E-state index is 10.2. The van der Waals surface area contributed by atoms with Crippen LogP contribution >= 0.6 is 0 Å². The van der Waals surface area contributed by atoms with Gasteiger partial charge in [-0.05, 0) is 51.4 Å². The van der Waals surface area contributed by atoms with Gasteiger partial charge in [-0.15, -0.1) is 0 Å². The van der Waals surface area contributed by atoms with Crippen LogP contribution in [0, 0.1) is 0 Å². The van der Waals surface area contributed by atoms with Gasteiger partial charge >= 0.3 is 46.1 Å². The van der Waals surface area contributed by atoms with Crippen LogP contribution in [-0.4, -0.2) is 70.0 Å². The first-order valence-electron chi connectivity index (χ1n) is 35.9. The van der Waals surface area contributed by atoms with E-state index in [0.717, 1.165) is 51.4 Å². The first kappa shape index (κ1) is 92.6. The normalized spacial score (nSPS) is 10.6. The van der Waals surface area contributed by atoms with Crippen molar-refractivity contribution in [3.63, 3.8) is 0 Å². The van der Waals surface area contributed by atoms with Crippen LogP contribution in [0.3, 0.4) is 0 Å². The van der Waals surface area contributed by atoms with Crippen molar-refractivity contribution in [3.05, 3.63) is 0 Å². The second-order valence-corrected chi connectivity index (χ2v) is 24.3. The Morgan fingerprint density at radius 2 is 0.232 bits per heavy atom. The summed E-state index contributed by atoms with van der Waals surface area (Å²) in [5, 5.41) is 40.9. The number of unbranched alkanes of at least 4 members (excludes halogenated alkanes) is 56. The first-order valence-corrected chi connectivity index (χ1v) is 35.9. The van der Waals surface area contributed by atoms with Gasteiger partial charge in [0.15, 0.2) is 0 Å². The SMILES string of the molecule is CCCCCCCCCCCCCCCCCC(=O)[O-].CCCCCCCCCCCCCCCCCC(=O)[O-].CCCCCCCCCCCCCCCCCC(=O)[O-].CCCCCCCCCCCCCCCCCC(=O)[O-].[Mg+2].[Mg+2]. The topological polar surface area (TPSA) is 161 Å². The van der Waals surface area contributed by atoms with Gasteiger partial charge in [0.1, 0.15) is 0 Å². The summed E-state index contributed by atoms with van der Waals surface area (Å²) in [7, 11) is 0. The minimum atomic E-state index is -0.903. The van der Waals surface area contributed by atoms with Gasteiger partial charge in [-0.1, -0.05) is 387 Å². The van der Waals surface area contributed by atoms with Crippen LogP contribution < -0.4 is 20.4 Å². The maximum Gasteiger partial charge on any atom is 2.00 e. The number of rotatable bonds is 64. The number of carboxylic acids is 4. The van der Waals surface area contributed by atoms with Gasteiger partial charge in [0.05, 0.1) is 0 Å². The van der Waals surface area contributed by atoms with Crippen molar-refractivity contribution in [3.8, 4) is 0 Å². The Hall–Kier alpha value is -0.588. The van der Waals surface area contributed by atoms with E-state index in [1.807, 2.05) is 0 Å². The molecule has 0 unspecified atom stereocenters. The molecule has 0 N–H and O–H groups in total. The Morgan fingerprint density at radius 3 is 0.305 bits per heavy atom.